The highest BCUT2D eigenvalue weighted by atomic mass is 35.5. The summed E-state index contributed by atoms with van der Waals surface area (Å²) in [6.07, 6.45) is 0. The van der Waals surface area contributed by atoms with Crippen LogP contribution >= 0.6 is 11.6 Å². The molecule has 8 heteroatoms. The van der Waals surface area contributed by atoms with E-state index in [2.05, 4.69) is 9.80 Å². The maximum Gasteiger partial charge on any atom is 0.288 e. The van der Waals surface area contributed by atoms with Crippen LogP contribution in [0.1, 0.15) is 22.7 Å². The van der Waals surface area contributed by atoms with Crippen LogP contribution in [0.25, 0.3) is 0 Å². The fourth-order valence-electron chi connectivity index (χ4n) is 4.14. The third-order valence-electron chi connectivity index (χ3n) is 5.76. The van der Waals surface area contributed by atoms with Gasteiger partial charge in [0.15, 0.2) is 0 Å². The second-order valence-corrected chi connectivity index (χ2v) is 8.27. The van der Waals surface area contributed by atoms with Gasteiger partial charge in [-0.1, -0.05) is 41.9 Å². The molecule has 32 heavy (non-hydrogen) atoms. The van der Waals surface area contributed by atoms with E-state index in [4.69, 9.17) is 11.6 Å². The number of halogens is 3. The third-order valence-corrected chi connectivity index (χ3v) is 6.08. The first-order valence-corrected chi connectivity index (χ1v) is 10.7. The molecule has 0 saturated carbocycles. The number of benzene rings is 3. The lowest BCUT2D eigenvalue weighted by molar-refractivity contribution is -0.384. The zero-order valence-corrected chi connectivity index (χ0v) is 18.0. The van der Waals surface area contributed by atoms with E-state index in [1.807, 2.05) is 6.07 Å². The minimum Gasteiger partial charge on any atom is -0.297 e. The summed E-state index contributed by atoms with van der Waals surface area (Å²) in [6.45, 7) is 3.60. The van der Waals surface area contributed by atoms with Gasteiger partial charge in [0, 0.05) is 38.8 Å². The molecule has 0 atom stereocenters. The van der Waals surface area contributed by atoms with Crippen LogP contribution in [0.2, 0.25) is 5.02 Å². The molecule has 4 rings (SSSR count). The maximum absolute atomic E-state index is 13.5. The predicted molar refractivity (Wildman–Crippen MR) is 120 cm³/mol. The summed E-state index contributed by atoms with van der Waals surface area (Å²) in [5.74, 6) is -0.595. The molecule has 166 valence electrons. The Morgan fingerprint density at radius 3 is 1.91 bits per heavy atom. The van der Waals surface area contributed by atoms with Crippen molar-refractivity contribution in [3.05, 3.63) is 110 Å². The van der Waals surface area contributed by atoms with E-state index in [-0.39, 0.29) is 28.4 Å². The lowest BCUT2D eigenvalue weighted by Gasteiger charge is -2.39. The molecule has 0 bridgehead atoms. The van der Waals surface area contributed by atoms with Gasteiger partial charge in [0.2, 0.25) is 0 Å². The van der Waals surface area contributed by atoms with Crippen molar-refractivity contribution in [3.8, 4) is 0 Å². The zero-order valence-electron chi connectivity index (χ0n) is 17.3. The van der Waals surface area contributed by atoms with Crippen molar-refractivity contribution in [3.63, 3.8) is 0 Å². The van der Waals surface area contributed by atoms with Crippen LogP contribution in [0.4, 0.5) is 14.5 Å². The molecule has 3 aromatic rings. The average Bonchev–Trinajstić information content (AvgIpc) is 2.79. The second-order valence-electron chi connectivity index (χ2n) is 7.86. The maximum atomic E-state index is 13.5. The van der Waals surface area contributed by atoms with Gasteiger partial charge in [0.1, 0.15) is 16.7 Å². The van der Waals surface area contributed by atoms with Crippen LogP contribution in [-0.4, -0.2) is 40.9 Å². The summed E-state index contributed by atoms with van der Waals surface area (Å²) in [6, 6.07) is 17.6. The van der Waals surface area contributed by atoms with Crippen LogP contribution in [0, 0.1) is 21.7 Å². The molecule has 1 fully saturated rings. The monoisotopic (exact) mass is 457 g/mol. The number of nitro groups is 1. The summed E-state index contributed by atoms with van der Waals surface area (Å²) < 4.78 is 27.0. The Labute approximate surface area is 190 Å². The molecule has 1 heterocycles. The van der Waals surface area contributed by atoms with Gasteiger partial charge in [-0.3, -0.25) is 19.9 Å². The van der Waals surface area contributed by atoms with Gasteiger partial charge in [0.05, 0.1) is 11.0 Å². The van der Waals surface area contributed by atoms with Gasteiger partial charge in [0.25, 0.3) is 5.69 Å². The lowest BCUT2D eigenvalue weighted by atomic mass is 9.96. The fourth-order valence-corrected chi connectivity index (χ4v) is 4.33. The van der Waals surface area contributed by atoms with Crippen LogP contribution in [-0.2, 0) is 6.54 Å². The molecule has 0 N–H and O–H groups in total. The largest absolute Gasteiger partial charge is 0.297 e. The van der Waals surface area contributed by atoms with E-state index in [9.17, 15) is 18.9 Å². The number of nitrogens with zero attached hydrogens (tertiary/aromatic N) is 3. The molecule has 0 aliphatic carbocycles. The predicted octanol–water partition coefficient (Wildman–Crippen LogP) is 5.43. The van der Waals surface area contributed by atoms with Crippen LogP contribution < -0.4 is 0 Å². The Morgan fingerprint density at radius 2 is 1.41 bits per heavy atom. The fraction of sp³-hybridized carbons (Fsp3) is 0.250. The van der Waals surface area contributed by atoms with Crippen molar-refractivity contribution in [2.75, 3.05) is 26.2 Å². The highest BCUT2D eigenvalue weighted by Crippen LogP contribution is 2.31. The van der Waals surface area contributed by atoms with Crippen molar-refractivity contribution >= 4 is 17.3 Å². The molecule has 0 amide bonds. The van der Waals surface area contributed by atoms with Crippen molar-refractivity contribution < 1.29 is 13.7 Å². The minimum absolute atomic E-state index is 0.0875. The van der Waals surface area contributed by atoms with Gasteiger partial charge in [-0.25, -0.2) is 8.78 Å². The molecule has 5 nitrogen and oxygen atoms in total. The summed E-state index contributed by atoms with van der Waals surface area (Å²) in [7, 11) is 0. The molecule has 0 radical (unpaired) electrons. The summed E-state index contributed by atoms with van der Waals surface area (Å²) in [5.41, 5.74) is 2.64. The summed E-state index contributed by atoms with van der Waals surface area (Å²) in [4.78, 5) is 15.2. The number of piperazine rings is 1. The van der Waals surface area contributed by atoms with Gasteiger partial charge < -0.3 is 0 Å². The van der Waals surface area contributed by atoms with Crippen LogP contribution in [0.5, 0.6) is 0 Å². The Kier molecular flexibility index (Phi) is 6.79. The van der Waals surface area contributed by atoms with E-state index < -0.39 is 4.92 Å². The lowest BCUT2D eigenvalue weighted by Crippen LogP contribution is -2.47. The first kappa shape index (κ1) is 22.3. The van der Waals surface area contributed by atoms with Crippen molar-refractivity contribution in [1.29, 1.82) is 0 Å². The molecule has 0 unspecified atom stereocenters. The number of hydrogen-bond acceptors (Lipinski definition) is 4. The molecule has 0 aromatic heterocycles. The quantitative estimate of drug-likeness (QED) is 0.365. The highest BCUT2D eigenvalue weighted by Gasteiger charge is 2.27. The smallest absolute Gasteiger partial charge is 0.288 e. The second kappa shape index (κ2) is 9.73. The Bertz CT molecular complexity index is 1040. The first-order valence-electron chi connectivity index (χ1n) is 10.3. The Balaban J connectivity index is 1.49. The minimum atomic E-state index is -0.472. The van der Waals surface area contributed by atoms with Gasteiger partial charge in [-0.05, 0) is 47.0 Å². The van der Waals surface area contributed by atoms with Crippen LogP contribution in [0.3, 0.4) is 0 Å². The van der Waals surface area contributed by atoms with Crippen LogP contribution in [0.15, 0.2) is 66.7 Å². The van der Waals surface area contributed by atoms with Crippen molar-refractivity contribution in [2.24, 2.45) is 0 Å². The summed E-state index contributed by atoms with van der Waals surface area (Å²) in [5, 5.41) is 11.3. The topological polar surface area (TPSA) is 49.6 Å². The standard InChI is InChI=1S/C24H22ClF2N3O2/c25-22-10-1-17(15-23(22)30(31)32)16-28-11-13-29(14-12-28)24(18-2-6-20(26)7-3-18)19-4-8-21(27)9-5-19/h1-10,15,24H,11-14,16H2. The molecular formula is C24H22ClF2N3O2. The molecule has 1 saturated heterocycles. The molecule has 1 aliphatic heterocycles. The normalized spacial score (nSPS) is 15.2. The van der Waals surface area contributed by atoms with E-state index >= 15 is 0 Å². The molecular weight excluding hydrogens is 436 g/mol. The van der Waals surface area contributed by atoms with Gasteiger partial charge >= 0.3 is 0 Å². The van der Waals surface area contributed by atoms with Gasteiger partial charge in [-0.2, -0.15) is 0 Å². The van der Waals surface area contributed by atoms with Crippen molar-refractivity contribution in [1.82, 2.24) is 9.80 Å². The first-order chi connectivity index (χ1) is 15.4. The van der Waals surface area contributed by atoms with Crippen molar-refractivity contribution in [2.45, 2.75) is 12.6 Å². The Hall–Kier alpha value is -2.87. The molecule has 3 aromatic carbocycles. The average molecular weight is 458 g/mol. The number of nitro benzene ring substituents is 1. The van der Waals surface area contributed by atoms with E-state index in [0.29, 0.717) is 6.54 Å². The SMILES string of the molecule is O=[N+]([O-])c1cc(CN2CCN(C(c3ccc(F)cc3)c3ccc(F)cc3)CC2)ccc1Cl. The third kappa shape index (κ3) is 5.12. The number of hydrogen-bond donors (Lipinski definition) is 0. The summed E-state index contributed by atoms with van der Waals surface area (Å²) >= 11 is 5.91. The van der Waals surface area contributed by atoms with E-state index in [0.717, 1.165) is 42.9 Å². The Morgan fingerprint density at radius 1 is 0.875 bits per heavy atom. The molecule has 0 spiro atoms. The van der Waals surface area contributed by atoms with E-state index in [1.165, 1.54) is 30.3 Å². The van der Waals surface area contributed by atoms with E-state index in [1.54, 1.807) is 30.3 Å². The zero-order chi connectivity index (χ0) is 22.7. The molecule has 1 aliphatic rings. The highest BCUT2D eigenvalue weighted by molar-refractivity contribution is 6.32. The number of rotatable bonds is 6. The van der Waals surface area contributed by atoms with Gasteiger partial charge in [-0.15, -0.1) is 0 Å².